The highest BCUT2D eigenvalue weighted by molar-refractivity contribution is 7.97. The minimum Gasteiger partial charge on any atom is -0.203 e. The van der Waals surface area contributed by atoms with Crippen LogP contribution in [0.15, 0.2) is 0 Å². The summed E-state index contributed by atoms with van der Waals surface area (Å²) in [5.41, 5.74) is -0.165. The lowest BCUT2D eigenvalue weighted by molar-refractivity contribution is 0.400. The van der Waals surface area contributed by atoms with Crippen LogP contribution < -0.4 is 0 Å². The summed E-state index contributed by atoms with van der Waals surface area (Å²) in [6.45, 7) is 1.57. The average molecular weight is 238 g/mol. The van der Waals surface area contributed by atoms with Crippen molar-refractivity contribution in [1.82, 2.24) is 0 Å². The summed E-state index contributed by atoms with van der Waals surface area (Å²) in [5.74, 6) is -5.88. The third-order valence-corrected chi connectivity index (χ3v) is 2.69. The van der Waals surface area contributed by atoms with E-state index in [4.69, 9.17) is 0 Å². The average Bonchev–Trinajstić information content (AvgIpc) is 2.24. The molecule has 0 bridgehead atoms. The molecular weight excluding hydrogens is 228 g/mol. The van der Waals surface area contributed by atoms with Gasteiger partial charge in [-0.3, -0.25) is 0 Å². The Balaban J connectivity index is 3.47. The van der Waals surface area contributed by atoms with Gasteiger partial charge in [0.1, 0.15) is 0 Å². The van der Waals surface area contributed by atoms with Crippen LogP contribution in [0.3, 0.4) is 0 Å². The van der Waals surface area contributed by atoms with Gasteiger partial charge in [0.25, 0.3) is 0 Å². The number of benzene rings is 1. The lowest BCUT2D eigenvalue weighted by atomic mass is 10.0. The molecule has 1 aromatic rings. The van der Waals surface area contributed by atoms with E-state index in [1.165, 1.54) is 11.8 Å². The van der Waals surface area contributed by atoms with Crippen LogP contribution >= 0.6 is 11.8 Å². The van der Waals surface area contributed by atoms with Crippen LogP contribution in [-0.2, 0) is 12.2 Å². The first kappa shape index (κ1) is 12.4. The molecule has 0 fully saturated rings. The fourth-order valence-corrected chi connectivity index (χ4v) is 1.98. The highest BCUT2D eigenvalue weighted by Gasteiger charge is 2.23. The van der Waals surface area contributed by atoms with E-state index in [1.807, 2.05) is 0 Å². The first-order chi connectivity index (χ1) is 7.04. The molecule has 0 aliphatic rings. The topological polar surface area (TPSA) is 0 Å². The molecule has 0 N–H and O–H groups in total. The number of hydrogen-bond acceptors (Lipinski definition) is 1. The Bertz CT molecular complexity index is 376. The summed E-state index contributed by atoms with van der Waals surface area (Å²) < 4.78 is 52.3. The van der Waals surface area contributed by atoms with Crippen molar-refractivity contribution in [3.63, 3.8) is 0 Å². The normalized spacial score (nSPS) is 10.8. The van der Waals surface area contributed by atoms with E-state index in [0.717, 1.165) is 0 Å². The van der Waals surface area contributed by atoms with E-state index in [9.17, 15) is 17.6 Å². The van der Waals surface area contributed by atoms with Crippen LogP contribution in [0, 0.1) is 23.3 Å². The second-order valence-electron chi connectivity index (χ2n) is 3.00. The van der Waals surface area contributed by atoms with Crippen LogP contribution in [0.5, 0.6) is 0 Å². The van der Waals surface area contributed by atoms with Crippen molar-refractivity contribution in [2.75, 3.05) is 6.26 Å². The summed E-state index contributed by atoms with van der Waals surface area (Å²) in [6.07, 6.45) is 1.81. The Kier molecular flexibility index (Phi) is 4.02. The van der Waals surface area contributed by atoms with Gasteiger partial charge in [0.15, 0.2) is 23.3 Å². The van der Waals surface area contributed by atoms with Crippen LogP contribution in [0.25, 0.3) is 0 Å². The van der Waals surface area contributed by atoms with Crippen LogP contribution in [0.4, 0.5) is 17.6 Å². The standard InChI is InChI=1S/C10H10F4S/c1-3-5-6(4-15-2)8(12)10(14)9(13)7(5)11/h3-4H2,1-2H3. The molecule has 0 aliphatic carbocycles. The lowest BCUT2D eigenvalue weighted by Gasteiger charge is -2.11. The molecule has 0 atom stereocenters. The van der Waals surface area contributed by atoms with Crippen molar-refractivity contribution in [3.05, 3.63) is 34.4 Å². The quantitative estimate of drug-likeness (QED) is 0.440. The van der Waals surface area contributed by atoms with Crippen molar-refractivity contribution < 1.29 is 17.6 Å². The van der Waals surface area contributed by atoms with E-state index in [-0.39, 0.29) is 23.3 Å². The molecule has 1 rings (SSSR count). The lowest BCUT2D eigenvalue weighted by Crippen LogP contribution is -2.07. The molecule has 0 spiro atoms. The molecule has 0 saturated heterocycles. The first-order valence-electron chi connectivity index (χ1n) is 4.37. The van der Waals surface area contributed by atoms with Crippen molar-refractivity contribution >= 4 is 11.8 Å². The van der Waals surface area contributed by atoms with Crippen LogP contribution in [-0.4, -0.2) is 6.26 Å². The van der Waals surface area contributed by atoms with Crippen molar-refractivity contribution in [3.8, 4) is 0 Å². The number of halogens is 4. The minimum atomic E-state index is -1.73. The van der Waals surface area contributed by atoms with Crippen LogP contribution in [0.1, 0.15) is 18.1 Å². The highest BCUT2D eigenvalue weighted by Crippen LogP contribution is 2.27. The Morgan fingerprint density at radius 1 is 0.867 bits per heavy atom. The fraction of sp³-hybridized carbons (Fsp3) is 0.400. The highest BCUT2D eigenvalue weighted by atomic mass is 32.2. The Labute approximate surface area is 89.7 Å². The first-order valence-corrected chi connectivity index (χ1v) is 5.76. The molecule has 84 valence electrons. The fourth-order valence-electron chi connectivity index (χ4n) is 1.39. The molecule has 0 unspecified atom stereocenters. The maximum absolute atomic E-state index is 13.3. The summed E-state index contributed by atoms with van der Waals surface area (Å²) >= 11 is 1.23. The summed E-state index contributed by atoms with van der Waals surface area (Å²) in [5, 5.41) is 0. The molecule has 0 aliphatic heterocycles. The van der Waals surface area contributed by atoms with Crippen molar-refractivity contribution in [2.24, 2.45) is 0 Å². The Morgan fingerprint density at radius 3 is 1.73 bits per heavy atom. The van der Waals surface area contributed by atoms with Gasteiger partial charge in [-0.15, -0.1) is 0 Å². The molecule has 0 nitrogen and oxygen atoms in total. The van der Waals surface area contributed by atoms with Crippen molar-refractivity contribution in [2.45, 2.75) is 19.1 Å². The molecule has 15 heavy (non-hydrogen) atoms. The zero-order valence-corrected chi connectivity index (χ0v) is 9.15. The molecule has 0 heterocycles. The Morgan fingerprint density at radius 2 is 1.33 bits per heavy atom. The van der Waals surface area contributed by atoms with E-state index in [1.54, 1.807) is 13.2 Å². The zero-order valence-electron chi connectivity index (χ0n) is 8.33. The van der Waals surface area contributed by atoms with E-state index < -0.39 is 23.3 Å². The van der Waals surface area contributed by atoms with Gasteiger partial charge in [-0.05, 0) is 18.2 Å². The molecule has 0 aromatic heterocycles. The summed E-state index contributed by atoms with van der Waals surface area (Å²) in [7, 11) is 0. The molecule has 1 aromatic carbocycles. The second-order valence-corrected chi connectivity index (χ2v) is 3.87. The molecule has 5 heteroatoms. The van der Waals surface area contributed by atoms with E-state index >= 15 is 0 Å². The summed E-state index contributed by atoms with van der Waals surface area (Å²) in [4.78, 5) is 0. The van der Waals surface area contributed by atoms with Gasteiger partial charge < -0.3 is 0 Å². The third kappa shape index (κ3) is 2.12. The predicted molar refractivity (Wildman–Crippen MR) is 52.9 cm³/mol. The summed E-state index contributed by atoms with van der Waals surface area (Å²) in [6, 6.07) is 0. The second kappa shape index (κ2) is 4.88. The van der Waals surface area contributed by atoms with Gasteiger partial charge in [-0.25, -0.2) is 17.6 Å². The van der Waals surface area contributed by atoms with Gasteiger partial charge in [0.05, 0.1) is 0 Å². The SMILES string of the molecule is CCc1c(F)c(F)c(F)c(F)c1CSC. The van der Waals surface area contributed by atoms with E-state index in [0.29, 0.717) is 0 Å². The number of rotatable bonds is 3. The van der Waals surface area contributed by atoms with Crippen LogP contribution in [0.2, 0.25) is 0 Å². The molecule has 0 amide bonds. The van der Waals surface area contributed by atoms with E-state index in [2.05, 4.69) is 0 Å². The maximum Gasteiger partial charge on any atom is 0.197 e. The van der Waals surface area contributed by atoms with Gasteiger partial charge in [-0.1, -0.05) is 6.92 Å². The number of hydrogen-bond donors (Lipinski definition) is 0. The zero-order chi connectivity index (χ0) is 11.6. The molecule has 0 saturated carbocycles. The molecular formula is C10H10F4S. The van der Waals surface area contributed by atoms with Gasteiger partial charge in [-0.2, -0.15) is 11.8 Å². The number of thioether (sulfide) groups is 1. The smallest absolute Gasteiger partial charge is 0.197 e. The largest absolute Gasteiger partial charge is 0.203 e. The monoisotopic (exact) mass is 238 g/mol. The maximum atomic E-state index is 13.3. The minimum absolute atomic E-state index is 0.0820. The Hall–Kier alpha value is -0.710. The van der Waals surface area contributed by atoms with Gasteiger partial charge >= 0.3 is 0 Å². The van der Waals surface area contributed by atoms with Gasteiger partial charge in [0.2, 0.25) is 0 Å². The van der Waals surface area contributed by atoms with Gasteiger partial charge in [0, 0.05) is 11.3 Å². The van der Waals surface area contributed by atoms with Crippen molar-refractivity contribution in [1.29, 1.82) is 0 Å². The third-order valence-electron chi connectivity index (χ3n) is 2.11. The molecule has 0 radical (unpaired) electrons. The predicted octanol–water partition coefficient (Wildman–Crippen LogP) is 3.67.